The molecule has 0 spiro atoms. The molecular formula is C13H22N4O2. The van der Waals surface area contributed by atoms with Gasteiger partial charge in [-0.1, -0.05) is 0 Å². The number of imidazole rings is 1. The predicted molar refractivity (Wildman–Crippen MR) is 71.8 cm³/mol. The van der Waals surface area contributed by atoms with E-state index in [1.54, 1.807) is 12.5 Å². The molecule has 1 aromatic heterocycles. The number of ether oxygens (including phenoxy) is 1. The second kappa shape index (κ2) is 6.68. The molecule has 2 rings (SSSR count). The van der Waals surface area contributed by atoms with Crippen molar-refractivity contribution < 1.29 is 9.53 Å². The van der Waals surface area contributed by atoms with E-state index < -0.39 is 0 Å². The molecule has 0 radical (unpaired) electrons. The Morgan fingerprint density at radius 2 is 2.53 bits per heavy atom. The number of carbonyl (C=O) groups is 1. The van der Waals surface area contributed by atoms with Crippen LogP contribution >= 0.6 is 0 Å². The first-order chi connectivity index (χ1) is 9.24. The summed E-state index contributed by atoms with van der Waals surface area (Å²) in [5.74, 6) is 0.445. The highest BCUT2D eigenvalue weighted by atomic mass is 16.5. The highest BCUT2D eigenvalue weighted by Gasteiger charge is 2.23. The highest BCUT2D eigenvalue weighted by molar-refractivity contribution is 5.92. The lowest BCUT2D eigenvalue weighted by Crippen LogP contribution is -2.35. The molecule has 1 fully saturated rings. The SMILES string of the molecule is CCN(CC1CCOC1)C(=O)c1cn(CCN)cn1. The van der Waals surface area contributed by atoms with Gasteiger partial charge in [-0.2, -0.15) is 0 Å². The van der Waals surface area contributed by atoms with Crippen LogP contribution in [0.25, 0.3) is 0 Å². The lowest BCUT2D eigenvalue weighted by molar-refractivity contribution is 0.0725. The van der Waals surface area contributed by atoms with Crippen molar-refractivity contribution in [3.05, 3.63) is 18.2 Å². The average molecular weight is 266 g/mol. The number of nitrogens with zero attached hydrogens (tertiary/aromatic N) is 3. The number of carbonyl (C=O) groups excluding carboxylic acids is 1. The van der Waals surface area contributed by atoms with Crippen molar-refractivity contribution in [1.29, 1.82) is 0 Å². The van der Waals surface area contributed by atoms with E-state index >= 15 is 0 Å². The number of amides is 1. The summed E-state index contributed by atoms with van der Waals surface area (Å²) < 4.78 is 7.20. The minimum atomic E-state index is -0.00910. The molecule has 6 nitrogen and oxygen atoms in total. The van der Waals surface area contributed by atoms with Crippen LogP contribution in [0.2, 0.25) is 0 Å². The van der Waals surface area contributed by atoms with Gasteiger partial charge in [0.25, 0.3) is 5.91 Å². The molecule has 0 aliphatic carbocycles. The van der Waals surface area contributed by atoms with E-state index in [0.717, 1.165) is 26.2 Å². The van der Waals surface area contributed by atoms with Gasteiger partial charge in [-0.15, -0.1) is 0 Å². The van der Waals surface area contributed by atoms with E-state index in [2.05, 4.69) is 4.98 Å². The van der Waals surface area contributed by atoms with Gasteiger partial charge < -0.3 is 19.9 Å². The molecule has 2 N–H and O–H groups in total. The number of rotatable bonds is 6. The van der Waals surface area contributed by atoms with E-state index in [1.165, 1.54) is 0 Å². The maximum Gasteiger partial charge on any atom is 0.274 e. The van der Waals surface area contributed by atoms with Crippen LogP contribution in [0.1, 0.15) is 23.8 Å². The van der Waals surface area contributed by atoms with Gasteiger partial charge in [0.15, 0.2) is 0 Å². The van der Waals surface area contributed by atoms with Gasteiger partial charge in [-0.25, -0.2) is 4.98 Å². The number of hydrogen-bond acceptors (Lipinski definition) is 4. The first-order valence-corrected chi connectivity index (χ1v) is 6.83. The molecule has 0 bridgehead atoms. The first-order valence-electron chi connectivity index (χ1n) is 6.83. The summed E-state index contributed by atoms with van der Waals surface area (Å²) in [7, 11) is 0. The van der Waals surface area contributed by atoms with Crippen LogP contribution < -0.4 is 5.73 Å². The fraction of sp³-hybridized carbons (Fsp3) is 0.692. The van der Waals surface area contributed by atoms with Crippen LogP contribution in [0.4, 0.5) is 0 Å². The van der Waals surface area contributed by atoms with Gasteiger partial charge in [0.1, 0.15) is 5.69 Å². The molecule has 2 heterocycles. The van der Waals surface area contributed by atoms with E-state index in [9.17, 15) is 4.79 Å². The fourth-order valence-electron chi connectivity index (χ4n) is 2.30. The molecule has 1 unspecified atom stereocenters. The van der Waals surface area contributed by atoms with Crippen LogP contribution in [-0.2, 0) is 11.3 Å². The molecule has 1 saturated heterocycles. The number of nitrogens with two attached hydrogens (primary N) is 1. The standard InChI is InChI=1S/C13H22N4O2/c1-2-17(7-11-3-6-19-9-11)13(18)12-8-16(5-4-14)10-15-12/h8,10-11H,2-7,9,14H2,1H3. The number of aromatic nitrogens is 2. The molecule has 1 aromatic rings. The third-order valence-electron chi connectivity index (χ3n) is 3.41. The smallest absolute Gasteiger partial charge is 0.274 e. The van der Waals surface area contributed by atoms with Crippen molar-refractivity contribution in [1.82, 2.24) is 14.5 Å². The van der Waals surface area contributed by atoms with E-state index in [-0.39, 0.29) is 5.91 Å². The Labute approximate surface area is 113 Å². The molecular weight excluding hydrogens is 244 g/mol. The molecule has 1 aliphatic heterocycles. The van der Waals surface area contributed by atoms with Gasteiger partial charge in [0.05, 0.1) is 12.9 Å². The molecule has 19 heavy (non-hydrogen) atoms. The molecule has 0 aromatic carbocycles. The summed E-state index contributed by atoms with van der Waals surface area (Å²) in [6.45, 7) is 6.22. The second-order valence-electron chi connectivity index (χ2n) is 4.86. The van der Waals surface area contributed by atoms with Crippen LogP contribution in [0, 0.1) is 5.92 Å². The maximum atomic E-state index is 12.4. The van der Waals surface area contributed by atoms with Crippen molar-refractivity contribution in [2.75, 3.05) is 32.8 Å². The molecule has 1 aliphatic rings. The summed E-state index contributed by atoms with van der Waals surface area (Å²) in [5.41, 5.74) is 5.98. The Morgan fingerprint density at radius 1 is 1.68 bits per heavy atom. The normalized spacial score (nSPS) is 18.7. The van der Waals surface area contributed by atoms with Crippen molar-refractivity contribution in [3.63, 3.8) is 0 Å². The molecule has 0 saturated carbocycles. The highest BCUT2D eigenvalue weighted by Crippen LogP contribution is 2.15. The Bertz CT molecular complexity index is 413. The topological polar surface area (TPSA) is 73.4 Å². The van der Waals surface area contributed by atoms with Gasteiger partial charge >= 0.3 is 0 Å². The summed E-state index contributed by atoms with van der Waals surface area (Å²) >= 11 is 0. The summed E-state index contributed by atoms with van der Waals surface area (Å²) in [5, 5.41) is 0. The lowest BCUT2D eigenvalue weighted by atomic mass is 10.1. The second-order valence-corrected chi connectivity index (χ2v) is 4.86. The molecule has 1 atom stereocenters. The van der Waals surface area contributed by atoms with Crippen molar-refractivity contribution in [2.45, 2.75) is 19.9 Å². The third-order valence-corrected chi connectivity index (χ3v) is 3.41. The van der Waals surface area contributed by atoms with E-state index in [1.807, 2.05) is 16.4 Å². The fourth-order valence-corrected chi connectivity index (χ4v) is 2.30. The lowest BCUT2D eigenvalue weighted by Gasteiger charge is -2.22. The van der Waals surface area contributed by atoms with Crippen molar-refractivity contribution in [3.8, 4) is 0 Å². The Kier molecular flexibility index (Phi) is 4.93. The van der Waals surface area contributed by atoms with Crippen LogP contribution in [-0.4, -0.2) is 53.2 Å². The van der Waals surface area contributed by atoms with Crippen molar-refractivity contribution in [2.24, 2.45) is 11.7 Å². The van der Waals surface area contributed by atoms with Crippen LogP contribution in [0.5, 0.6) is 0 Å². The van der Waals surface area contributed by atoms with Gasteiger partial charge in [0, 0.05) is 44.9 Å². The molecule has 6 heteroatoms. The summed E-state index contributed by atoms with van der Waals surface area (Å²) in [6, 6.07) is 0. The monoisotopic (exact) mass is 266 g/mol. The zero-order valence-corrected chi connectivity index (χ0v) is 11.4. The number of hydrogen-bond donors (Lipinski definition) is 1. The maximum absolute atomic E-state index is 12.4. The Hall–Kier alpha value is -1.40. The largest absolute Gasteiger partial charge is 0.381 e. The van der Waals surface area contributed by atoms with Crippen molar-refractivity contribution >= 4 is 5.91 Å². The molecule has 106 valence electrons. The minimum absolute atomic E-state index is 0.00910. The zero-order valence-electron chi connectivity index (χ0n) is 11.4. The van der Waals surface area contributed by atoms with E-state index in [0.29, 0.717) is 31.2 Å². The van der Waals surface area contributed by atoms with E-state index in [4.69, 9.17) is 10.5 Å². The Morgan fingerprint density at radius 3 is 3.16 bits per heavy atom. The first kappa shape index (κ1) is 14.0. The van der Waals surface area contributed by atoms with Crippen LogP contribution in [0.3, 0.4) is 0 Å². The summed E-state index contributed by atoms with van der Waals surface area (Å²) in [6.07, 6.45) is 4.46. The zero-order chi connectivity index (χ0) is 13.7. The molecule has 1 amide bonds. The van der Waals surface area contributed by atoms with Crippen LogP contribution in [0.15, 0.2) is 12.5 Å². The Balaban J connectivity index is 1.97. The van der Waals surface area contributed by atoms with Gasteiger partial charge in [0.2, 0.25) is 0 Å². The minimum Gasteiger partial charge on any atom is -0.381 e. The van der Waals surface area contributed by atoms with Gasteiger partial charge in [-0.3, -0.25) is 4.79 Å². The predicted octanol–water partition coefficient (Wildman–Crippen LogP) is 0.340. The summed E-state index contributed by atoms with van der Waals surface area (Å²) in [4.78, 5) is 18.4. The third kappa shape index (κ3) is 3.54. The average Bonchev–Trinajstić information content (AvgIpc) is 3.06. The quantitative estimate of drug-likeness (QED) is 0.806. The van der Waals surface area contributed by atoms with Gasteiger partial charge in [-0.05, 0) is 13.3 Å².